The Bertz CT molecular complexity index is 813. The Kier molecular flexibility index (Phi) is 4.81. The minimum absolute atomic E-state index is 0.182. The molecule has 3 rings (SSSR count). The molecule has 0 saturated carbocycles. The maximum absolute atomic E-state index is 12.4. The van der Waals surface area contributed by atoms with E-state index in [1.54, 1.807) is 18.5 Å². The van der Waals surface area contributed by atoms with Crippen LogP contribution in [0.5, 0.6) is 0 Å². The number of benzene rings is 1. The van der Waals surface area contributed by atoms with Gasteiger partial charge in [-0.05, 0) is 26.3 Å². The average molecular weight is 363 g/mol. The van der Waals surface area contributed by atoms with Crippen LogP contribution in [0.1, 0.15) is 40.5 Å². The molecule has 2 heterocycles. The molecule has 0 amide bonds. The molecular formula is C18H19ClN2O4. The highest BCUT2D eigenvalue weighted by Crippen LogP contribution is 2.25. The summed E-state index contributed by atoms with van der Waals surface area (Å²) in [6, 6.07) is 7.97. The molecule has 0 aliphatic carbocycles. The van der Waals surface area contributed by atoms with Crippen LogP contribution in [-0.2, 0) is 20.8 Å². The molecule has 1 aliphatic heterocycles. The number of carbonyl (C=O) groups excluding carboxylic acids is 2. The summed E-state index contributed by atoms with van der Waals surface area (Å²) in [5.74, 6) is -1.18. The van der Waals surface area contributed by atoms with E-state index in [9.17, 15) is 9.59 Å². The van der Waals surface area contributed by atoms with E-state index in [0.29, 0.717) is 18.7 Å². The number of rotatable bonds is 4. The van der Waals surface area contributed by atoms with Gasteiger partial charge in [-0.15, -0.1) is 0 Å². The molecule has 1 fully saturated rings. The van der Waals surface area contributed by atoms with E-state index in [4.69, 9.17) is 21.1 Å². The van der Waals surface area contributed by atoms with E-state index < -0.39 is 18.0 Å². The lowest BCUT2D eigenvalue weighted by Gasteiger charge is -2.08. The van der Waals surface area contributed by atoms with Gasteiger partial charge in [0.2, 0.25) is 6.10 Å². The van der Waals surface area contributed by atoms with Crippen LogP contribution in [0, 0.1) is 13.8 Å². The second-order valence-corrected chi connectivity index (χ2v) is 6.63. The molecule has 2 atom stereocenters. The number of halogens is 1. The fraction of sp³-hybridized carbons (Fsp3) is 0.389. The quantitative estimate of drug-likeness (QED) is 0.782. The van der Waals surface area contributed by atoms with Gasteiger partial charge < -0.3 is 9.47 Å². The predicted molar refractivity (Wildman–Crippen MR) is 91.6 cm³/mol. The number of hydrogen-bond acceptors (Lipinski definition) is 5. The smallest absolute Gasteiger partial charge is 0.347 e. The van der Waals surface area contributed by atoms with Gasteiger partial charge in [-0.1, -0.05) is 41.4 Å². The summed E-state index contributed by atoms with van der Waals surface area (Å²) < 4.78 is 11.8. The Hall–Kier alpha value is -2.34. The van der Waals surface area contributed by atoms with Crippen LogP contribution in [0.2, 0.25) is 5.15 Å². The molecule has 0 spiro atoms. The van der Waals surface area contributed by atoms with E-state index in [-0.39, 0.29) is 16.8 Å². The van der Waals surface area contributed by atoms with Crippen molar-refractivity contribution in [1.29, 1.82) is 0 Å². The number of aromatic nitrogens is 2. The van der Waals surface area contributed by atoms with Crippen molar-refractivity contribution in [2.45, 2.75) is 45.9 Å². The molecule has 2 aromatic rings. The van der Waals surface area contributed by atoms with Gasteiger partial charge >= 0.3 is 11.9 Å². The van der Waals surface area contributed by atoms with Gasteiger partial charge in [-0.25, -0.2) is 14.3 Å². The minimum Gasteiger partial charge on any atom is -0.460 e. The van der Waals surface area contributed by atoms with Crippen molar-refractivity contribution in [2.24, 2.45) is 0 Å². The summed E-state index contributed by atoms with van der Waals surface area (Å²) in [5.41, 5.74) is 2.82. The van der Waals surface area contributed by atoms with Gasteiger partial charge in [0.05, 0.1) is 12.2 Å². The van der Waals surface area contributed by atoms with E-state index in [1.807, 2.05) is 31.2 Å². The van der Waals surface area contributed by atoms with Gasteiger partial charge in [-0.3, -0.25) is 0 Å². The molecular weight excluding hydrogens is 344 g/mol. The lowest BCUT2D eigenvalue weighted by Crippen LogP contribution is -2.23. The first-order valence-corrected chi connectivity index (χ1v) is 8.43. The largest absolute Gasteiger partial charge is 0.460 e. The van der Waals surface area contributed by atoms with Crippen molar-refractivity contribution in [1.82, 2.24) is 9.78 Å². The molecule has 25 heavy (non-hydrogen) atoms. The van der Waals surface area contributed by atoms with Crippen molar-refractivity contribution in [3.8, 4) is 0 Å². The zero-order valence-corrected chi connectivity index (χ0v) is 15.0. The lowest BCUT2D eigenvalue weighted by molar-refractivity contribution is -0.147. The Morgan fingerprint density at radius 2 is 2.04 bits per heavy atom. The van der Waals surface area contributed by atoms with Crippen molar-refractivity contribution in [2.75, 3.05) is 0 Å². The van der Waals surface area contributed by atoms with Crippen LogP contribution in [0.3, 0.4) is 0 Å². The number of cyclic esters (lactones) is 1. The van der Waals surface area contributed by atoms with Crippen molar-refractivity contribution in [3.63, 3.8) is 0 Å². The monoisotopic (exact) mass is 362 g/mol. The number of hydrogen-bond donors (Lipinski definition) is 0. The highest BCUT2D eigenvalue weighted by Gasteiger charge is 2.36. The summed E-state index contributed by atoms with van der Waals surface area (Å²) in [4.78, 5) is 24.1. The van der Waals surface area contributed by atoms with Gasteiger partial charge in [-0.2, -0.15) is 5.10 Å². The highest BCUT2D eigenvalue weighted by atomic mass is 35.5. The number of carbonyl (C=O) groups is 2. The third-order valence-electron chi connectivity index (χ3n) is 4.10. The zero-order valence-electron chi connectivity index (χ0n) is 14.3. The molecule has 132 valence electrons. The molecule has 0 N–H and O–H groups in total. The molecule has 1 aromatic carbocycles. The van der Waals surface area contributed by atoms with Crippen LogP contribution < -0.4 is 0 Å². The molecule has 7 heteroatoms. The Morgan fingerprint density at radius 3 is 2.64 bits per heavy atom. The summed E-state index contributed by atoms with van der Waals surface area (Å²) >= 11 is 6.34. The van der Waals surface area contributed by atoms with Crippen LogP contribution in [0.25, 0.3) is 0 Å². The van der Waals surface area contributed by atoms with Gasteiger partial charge in [0.1, 0.15) is 16.8 Å². The molecule has 1 aromatic heterocycles. The molecule has 1 aliphatic rings. The third-order valence-corrected chi connectivity index (χ3v) is 4.48. The van der Waals surface area contributed by atoms with E-state index in [0.717, 1.165) is 11.1 Å². The second kappa shape index (κ2) is 6.88. The van der Waals surface area contributed by atoms with Crippen molar-refractivity contribution >= 4 is 23.5 Å². The Labute approximate surface area is 150 Å². The van der Waals surface area contributed by atoms with Gasteiger partial charge in [0.15, 0.2) is 0 Å². The van der Waals surface area contributed by atoms with E-state index in [2.05, 4.69) is 5.10 Å². The van der Waals surface area contributed by atoms with Gasteiger partial charge in [0, 0.05) is 6.42 Å². The molecule has 0 bridgehead atoms. The summed E-state index contributed by atoms with van der Waals surface area (Å²) in [6.07, 6.45) is -0.803. The van der Waals surface area contributed by atoms with Crippen LogP contribution >= 0.6 is 11.6 Å². The second-order valence-electron chi connectivity index (χ2n) is 6.27. The molecule has 6 nitrogen and oxygen atoms in total. The Morgan fingerprint density at radius 1 is 1.36 bits per heavy atom. The van der Waals surface area contributed by atoms with Crippen LogP contribution in [0.4, 0.5) is 0 Å². The normalized spacial score (nSPS) is 19.8. The summed E-state index contributed by atoms with van der Waals surface area (Å²) in [6.45, 7) is 5.89. The summed E-state index contributed by atoms with van der Waals surface area (Å²) in [5, 5.41) is 4.52. The van der Waals surface area contributed by atoms with E-state index >= 15 is 0 Å². The first-order valence-electron chi connectivity index (χ1n) is 8.05. The Balaban J connectivity index is 1.78. The minimum atomic E-state index is -0.890. The zero-order chi connectivity index (χ0) is 18.1. The maximum Gasteiger partial charge on any atom is 0.347 e. The molecule has 2 unspecified atom stereocenters. The van der Waals surface area contributed by atoms with Crippen molar-refractivity contribution in [3.05, 3.63) is 51.8 Å². The highest BCUT2D eigenvalue weighted by molar-refractivity contribution is 6.32. The summed E-state index contributed by atoms with van der Waals surface area (Å²) in [7, 11) is 0. The molecule has 1 saturated heterocycles. The van der Waals surface area contributed by atoms with Crippen LogP contribution in [-0.4, -0.2) is 33.9 Å². The van der Waals surface area contributed by atoms with E-state index in [1.165, 1.54) is 0 Å². The van der Waals surface area contributed by atoms with Gasteiger partial charge in [0.25, 0.3) is 0 Å². The third kappa shape index (κ3) is 3.69. The number of ether oxygens (including phenoxy) is 2. The lowest BCUT2D eigenvalue weighted by atomic mass is 10.1. The number of nitrogens with zero attached hydrogens (tertiary/aromatic N) is 2. The van der Waals surface area contributed by atoms with Crippen molar-refractivity contribution < 1.29 is 19.1 Å². The maximum atomic E-state index is 12.4. The average Bonchev–Trinajstić information content (AvgIpc) is 3.00. The topological polar surface area (TPSA) is 70.4 Å². The van der Waals surface area contributed by atoms with Crippen LogP contribution in [0.15, 0.2) is 24.3 Å². The standard InChI is InChI=1S/C18H19ClN2O4/c1-10-4-6-13(7-5-10)9-21-16(19)15(12(3)20-21)18(23)25-14-8-11(2)24-17(14)22/h4-7,11,14H,8-9H2,1-3H3. The predicted octanol–water partition coefficient (Wildman–Crippen LogP) is 3.06. The fourth-order valence-corrected chi connectivity index (χ4v) is 3.07. The number of esters is 2. The fourth-order valence-electron chi connectivity index (χ4n) is 2.76. The number of aryl methyl sites for hydroxylation is 2. The molecule has 0 radical (unpaired) electrons. The first kappa shape index (κ1) is 17.5. The SMILES string of the molecule is Cc1ccc(Cn2nc(C)c(C(=O)OC3CC(C)OC3=O)c2Cl)cc1. The first-order chi connectivity index (χ1) is 11.8.